The summed E-state index contributed by atoms with van der Waals surface area (Å²) in [7, 11) is 3.03. The molecule has 0 radical (unpaired) electrons. The first-order valence-corrected chi connectivity index (χ1v) is 8.49. The fraction of sp³-hybridized carbons (Fsp3) is 0.500. The van der Waals surface area contributed by atoms with Gasteiger partial charge in [-0.1, -0.05) is 24.6 Å². The maximum Gasteiger partial charge on any atom is 0.319 e. The fourth-order valence-corrected chi connectivity index (χ4v) is 2.91. The first kappa shape index (κ1) is 19.9. The van der Waals surface area contributed by atoms with Crippen LogP contribution in [0.4, 0.5) is 0 Å². The molecular weight excluding hydrogens is 362 g/mol. The zero-order valence-corrected chi connectivity index (χ0v) is 15.7. The van der Waals surface area contributed by atoms with Gasteiger partial charge in [-0.05, 0) is 18.1 Å². The topological polar surface area (TPSA) is 101 Å². The van der Waals surface area contributed by atoms with Gasteiger partial charge in [-0.3, -0.25) is 19.8 Å². The van der Waals surface area contributed by atoms with E-state index in [0.717, 1.165) is 5.56 Å². The summed E-state index contributed by atoms with van der Waals surface area (Å²) < 4.78 is 4.64. The number of hydrogen-bond acceptors (Lipinski definition) is 8. The second-order valence-corrected chi connectivity index (χ2v) is 6.36. The van der Waals surface area contributed by atoms with Crippen LogP contribution in [0, 0.1) is 10.1 Å². The summed E-state index contributed by atoms with van der Waals surface area (Å²) in [6, 6.07) is 3.38. The maximum absolute atomic E-state index is 11.6. The summed E-state index contributed by atoms with van der Waals surface area (Å²) in [6.45, 7) is 2.38. The Morgan fingerprint density at radius 2 is 2.27 bits per heavy atom. The average molecular weight is 384 g/mol. The molecule has 1 aromatic rings. The molecular formula is C16H22ClN5O4. The monoisotopic (exact) mass is 383 g/mol. The van der Waals surface area contributed by atoms with Crippen LogP contribution in [0.2, 0.25) is 5.15 Å². The lowest BCUT2D eigenvalue weighted by atomic mass is 10.1. The number of carbonyl (C=O) groups is 1. The van der Waals surface area contributed by atoms with Crippen LogP contribution in [0.3, 0.4) is 0 Å². The molecule has 1 N–H and O–H groups in total. The Morgan fingerprint density at radius 1 is 1.54 bits per heavy atom. The summed E-state index contributed by atoms with van der Waals surface area (Å²) in [4.78, 5) is 30.1. The minimum atomic E-state index is -0.434. The van der Waals surface area contributed by atoms with E-state index in [4.69, 9.17) is 11.6 Å². The molecule has 0 aromatic carbocycles. The molecule has 26 heavy (non-hydrogen) atoms. The first-order valence-electron chi connectivity index (χ1n) is 8.11. The van der Waals surface area contributed by atoms with Crippen molar-refractivity contribution in [3.05, 3.63) is 50.7 Å². The molecule has 10 heteroatoms. The van der Waals surface area contributed by atoms with E-state index in [2.05, 4.69) is 15.0 Å². The van der Waals surface area contributed by atoms with Crippen molar-refractivity contribution in [2.24, 2.45) is 0 Å². The van der Waals surface area contributed by atoms with Crippen molar-refractivity contribution in [2.45, 2.75) is 19.4 Å². The third kappa shape index (κ3) is 4.83. The van der Waals surface area contributed by atoms with Gasteiger partial charge in [0.25, 0.3) is 5.70 Å². The number of halogens is 1. The predicted molar refractivity (Wildman–Crippen MR) is 95.7 cm³/mol. The smallest absolute Gasteiger partial charge is 0.319 e. The Labute approximate surface area is 156 Å². The van der Waals surface area contributed by atoms with Gasteiger partial charge in [-0.2, -0.15) is 0 Å². The third-order valence-corrected chi connectivity index (χ3v) is 4.34. The van der Waals surface area contributed by atoms with Gasteiger partial charge in [-0.15, -0.1) is 0 Å². The molecule has 0 bridgehead atoms. The second-order valence-electron chi connectivity index (χ2n) is 5.97. The number of ether oxygens (including phenoxy) is 1. The molecule has 0 amide bonds. The maximum atomic E-state index is 11.6. The molecule has 1 aliphatic rings. The number of hydrogen-bond donors (Lipinski definition) is 1. The van der Waals surface area contributed by atoms with Crippen LogP contribution < -0.4 is 5.32 Å². The van der Waals surface area contributed by atoms with Crippen LogP contribution >= 0.6 is 11.6 Å². The van der Waals surface area contributed by atoms with Gasteiger partial charge in [0.05, 0.1) is 37.8 Å². The molecule has 0 aliphatic carbocycles. The molecule has 1 unspecified atom stereocenters. The fourth-order valence-electron chi connectivity index (χ4n) is 2.80. The standard InChI is InChI=1S/C16H22ClN5O4/c1-4-12(11-5-6-14(17)18-7-11)19-16-13(22(24)25)8-21(10-20(16)2)9-15(23)26-3/h5-7,12,19H,4,8-10H2,1-3H3. The van der Waals surface area contributed by atoms with E-state index in [1.165, 1.54) is 7.11 Å². The number of nitro groups is 1. The molecule has 0 saturated carbocycles. The minimum Gasteiger partial charge on any atom is -0.468 e. The molecule has 2 rings (SSSR count). The van der Waals surface area contributed by atoms with Gasteiger partial charge in [0.2, 0.25) is 0 Å². The van der Waals surface area contributed by atoms with Gasteiger partial charge in [0.15, 0.2) is 5.82 Å². The van der Waals surface area contributed by atoms with Crippen molar-refractivity contribution in [1.29, 1.82) is 0 Å². The van der Waals surface area contributed by atoms with Crippen LogP contribution in [0.5, 0.6) is 0 Å². The number of rotatable bonds is 7. The Morgan fingerprint density at radius 3 is 2.81 bits per heavy atom. The van der Waals surface area contributed by atoms with Crippen LogP contribution in [-0.4, -0.2) is 59.6 Å². The van der Waals surface area contributed by atoms with Crippen molar-refractivity contribution in [3.63, 3.8) is 0 Å². The van der Waals surface area contributed by atoms with Gasteiger partial charge >= 0.3 is 5.97 Å². The predicted octanol–water partition coefficient (Wildman–Crippen LogP) is 1.60. The van der Waals surface area contributed by atoms with Crippen molar-refractivity contribution in [1.82, 2.24) is 20.1 Å². The zero-order chi connectivity index (χ0) is 19.3. The van der Waals surface area contributed by atoms with Crippen molar-refractivity contribution in [3.8, 4) is 0 Å². The van der Waals surface area contributed by atoms with Crippen molar-refractivity contribution in [2.75, 3.05) is 33.9 Å². The molecule has 0 saturated heterocycles. The zero-order valence-electron chi connectivity index (χ0n) is 14.9. The molecule has 0 spiro atoms. The molecule has 9 nitrogen and oxygen atoms in total. The Hall–Kier alpha value is -2.39. The van der Waals surface area contributed by atoms with Gasteiger partial charge in [0.1, 0.15) is 5.15 Å². The highest BCUT2D eigenvalue weighted by Gasteiger charge is 2.33. The molecule has 1 aromatic heterocycles. The van der Waals surface area contributed by atoms with E-state index in [9.17, 15) is 14.9 Å². The summed E-state index contributed by atoms with van der Waals surface area (Å²) >= 11 is 5.83. The Balaban J connectivity index is 2.25. The van der Waals surface area contributed by atoms with E-state index < -0.39 is 10.9 Å². The largest absolute Gasteiger partial charge is 0.468 e. The highest BCUT2D eigenvalue weighted by molar-refractivity contribution is 6.29. The lowest BCUT2D eigenvalue weighted by Crippen LogP contribution is -2.49. The summed E-state index contributed by atoms with van der Waals surface area (Å²) in [5, 5.41) is 15.2. The second kappa shape index (κ2) is 8.81. The Kier molecular flexibility index (Phi) is 6.76. The molecule has 142 valence electrons. The lowest BCUT2D eigenvalue weighted by Gasteiger charge is -2.35. The SMILES string of the molecule is CCC(NC1=C([N+](=O)[O-])CN(CC(=O)OC)CN1C)c1ccc(Cl)nc1. The van der Waals surface area contributed by atoms with Crippen LogP contribution in [0.25, 0.3) is 0 Å². The number of carbonyl (C=O) groups excluding carboxylic acids is 1. The Bertz CT molecular complexity index is 694. The first-order chi connectivity index (χ1) is 12.3. The lowest BCUT2D eigenvalue weighted by molar-refractivity contribution is -0.432. The van der Waals surface area contributed by atoms with Crippen LogP contribution in [0.1, 0.15) is 24.9 Å². The summed E-state index contributed by atoms with van der Waals surface area (Å²) in [5.41, 5.74) is 0.889. The van der Waals surface area contributed by atoms with Gasteiger partial charge in [0, 0.05) is 13.2 Å². The number of nitrogens with zero attached hydrogens (tertiary/aromatic N) is 4. The molecule has 1 aliphatic heterocycles. The highest BCUT2D eigenvalue weighted by Crippen LogP contribution is 2.23. The van der Waals surface area contributed by atoms with E-state index in [-0.39, 0.29) is 24.8 Å². The number of pyridine rings is 1. The summed E-state index contributed by atoms with van der Waals surface area (Å²) in [5.74, 6) is -0.00547. The minimum absolute atomic E-state index is 0.00280. The van der Waals surface area contributed by atoms with Crippen LogP contribution in [-0.2, 0) is 9.53 Å². The van der Waals surface area contributed by atoms with E-state index in [0.29, 0.717) is 24.1 Å². The van der Waals surface area contributed by atoms with E-state index in [1.54, 1.807) is 29.1 Å². The van der Waals surface area contributed by atoms with Crippen molar-refractivity contribution >= 4 is 17.6 Å². The molecule has 0 fully saturated rings. The number of nitrogens with one attached hydrogen (secondary N) is 1. The van der Waals surface area contributed by atoms with Gasteiger partial charge in [-0.25, -0.2) is 4.98 Å². The van der Waals surface area contributed by atoms with E-state index in [1.807, 2.05) is 13.0 Å². The number of methoxy groups -OCH3 is 1. The number of esters is 1. The highest BCUT2D eigenvalue weighted by atomic mass is 35.5. The normalized spacial score (nSPS) is 16.4. The molecule has 1 atom stereocenters. The summed E-state index contributed by atoms with van der Waals surface area (Å²) in [6.07, 6.45) is 2.36. The van der Waals surface area contributed by atoms with Gasteiger partial charge < -0.3 is 15.0 Å². The molecule has 2 heterocycles. The van der Waals surface area contributed by atoms with Crippen molar-refractivity contribution < 1.29 is 14.5 Å². The third-order valence-electron chi connectivity index (χ3n) is 4.11. The van der Waals surface area contributed by atoms with E-state index >= 15 is 0 Å². The number of aromatic nitrogens is 1. The quantitative estimate of drug-likeness (QED) is 0.328. The van der Waals surface area contributed by atoms with Crippen LogP contribution in [0.15, 0.2) is 29.8 Å². The average Bonchev–Trinajstić information content (AvgIpc) is 2.61.